The molecule has 0 fully saturated rings. The van der Waals surface area contributed by atoms with E-state index in [1.54, 1.807) is 0 Å². The van der Waals surface area contributed by atoms with E-state index in [0.717, 1.165) is 41.1 Å². The molecule has 0 aliphatic carbocycles. The number of aryl methyl sites for hydroxylation is 1. The molecule has 1 aliphatic rings. The highest BCUT2D eigenvalue weighted by molar-refractivity contribution is 7.12. The lowest BCUT2D eigenvalue weighted by molar-refractivity contribution is 0.104. The van der Waals surface area contributed by atoms with Crippen LogP contribution in [0.2, 0.25) is 0 Å². The average Bonchev–Trinajstić information content (AvgIpc) is 2.83. The number of anilines is 1. The number of thiophene rings is 1. The van der Waals surface area contributed by atoms with Crippen LogP contribution in [0.25, 0.3) is 0 Å². The molecule has 0 radical (unpaired) electrons. The number of hydrogen-bond acceptors (Lipinski definition) is 3. The van der Waals surface area contributed by atoms with E-state index in [1.807, 2.05) is 30.5 Å². The zero-order valence-corrected chi connectivity index (χ0v) is 11.1. The molecule has 0 bridgehead atoms. The summed E-state index contributed by atoms with van der Waals surface area (Å²) in [7, 11) is 0. The fourth-order valence-corrected chi connectivity index (χ4v) is 3.33. The Hall–Kier alpha value is -1.61. The zero-order chi connectivity index (χ0) is 12.5. The lowest BCUT2D eigenvalue weighted by Crippen LogP contribution is -2.15. The van der Waals surface area contributed by atoms with Crippen molar-refractivity contribution in [1.29, 1.82) is 0 Å². The van der Waals surface area contributed by atoms with Gasteiger partial charge in [0, 0.05) is 17.8 Å². The lowest BCUT2D eigenvalue weighted by Gasteiger charge is -2.20. The van der Waals surface area contributed by atoms with Crippen LogP contribution in [0, 0.1) is 6.92 Å². The third-order valence-corrected chi connectivity index (χ3v) is 4.42. The Morgan fingerprint density at radius 2 is 2.22 bits per heavy atom. The predicted octanol–water partition coefficient (Wildman–Crippen LogP) is 3.65. The van der Waals surface area contributed by atoms with Crippen molar-refractivity contribution >= 4 is 22.8 Å². The molecule has 3 heteroatoms. The summed E-state index contributed by atoms with van der Waals surface area (Å²) in [5, 5.41) is 5.35. The Kier molecular flexibility index (Phi) is 2.92. The molecule has 0 amide bonds. The Morgan fingerprint density at radius 1 is 1.33 bits per heavy atom. The first kappa shape index (κ1) is 11.5. The summed E-state index contributed by atoms with van der Waals surface area (Å²) in [4.78, 5) is 13.5. The molecular formula is C15H15NOS. The molecular weight excluding hydrogens is 242 g/mol. The maximum atomic E-state index is 12.6. The smallest absolute Gasteiger partial charge is 0.203 e. The number of ketones is 1. The predicted molar refractivity (Wildman–Crippen MR) is 75.7 cm³/mol. The SMILES string of the molecule is Cc1ccsc1C(=O)c1cccc2c1CCCN2. The minimum absolute atomic E-state index is 0.169. The molecule has 0 unspecified atom stereocenters. The second-order valence-corrected chi connectivity index (χ2v) is 5.54. The first-order valence-corrected chi connectivity index (χ1v) is 7.10. The third kappa shape index (κ3) is 1.85. The van der Waals surface area contributed by atoms with E-state index in [0.29, 0.717) is 0 Å². The fraction of sp³-hybridized carbons (Fsp3) is 0.267. The van der Waals surface area contributed by atoms with Crippen LogP contribution < -0.4 is 5.32 Å². The number of carbonyl (C=O) groups excluding carboxylic acids is 1. The Morgan fingerprint density at radius 3 is 3.00 bits per heavy atom. The highest BCUT2D eigenvalue weighted by Crippen LogP contribution is 2.29. The third-order valence-electron chi connectivity index (χ3n) is 3.41. The molecule has 3 rings (SSSR count). The van der Waals surface area contributed by atoms with Crippen molar-refractivity contribution in [1.82, 2.24) is 0 Å². The molecule has 0 atom stereocenters. The van der Waals surface area contributed by atoms with Crippen LogP contribution in [0.1, 0.15) is 32.8 Å². The van der Waals surface area contributed by atoms with Crippen LogP contribution >= 0.6 is 11.3 Å². The minimum Gasteiger partial charge on any atom is -0.385 e. The normalized spacial score (nSPS) is 13.8. The van der Waals surface area contributed by atoms with Gasteiger partial charge in [-0.2, -0.15) is 0 Å². The van der Waals surface area contributed by atoms with Gasteiger partial charge in [0.15, 0.2) is 0 Å². The van der Waals surface area contributed by atoms with Gasteiger partial charge >= 0.3 is 0 Å². The lowest BCUT2D eigenvalue weighted by atomic mass is 9.94. The second-order valence-electron chi connectivity index (χ2n) is 4.62. The molecule has 0 spiro atoms. The first-order chi connectivity index (χ1) is 8.77. The van der Waals surface area contributed by atoms with Crippen LogP contribution in [-0.2, 0) is 6.42 Å². The van der Waals surface area contributed by atoms with Gasteiger partial charge < -0.3 is 5.32 Å². The van der Waals surface area contributed by atoms with Gasteiger partial charge in [-0.1, -0.05) is 12.1 Å². The van der Waals surface area contributed by atoms with Gasteiger partial charge in [0.2, 0.25) is 5.78 Å². The van der Waals surface area contributed by atoms with Crippen LogP contribution in [0.3, 0.4) is 0 Å². The van der Waals surface area contributed by atoms with E-state index >= 15 is 0 Å². The molecule has 1 aliphatic heterocycles. The average molecular weight is 257 g/mol. The van der Waals surface area contributed by atoms with E-state index < -0.39 is 0 Å². The minimum atomic E-state index is 0.169. The molecule has 92 valence electrons. The number of rotatable bonds is 2. The summed E-state index contributed by atoms with van der Waals surface area (Å²) in [5.74, 6) is 0.169. The number of hydrogen-bond donors (Lipinski definition) is 1. The first-order valence-electron chi connectivity index (χ1n) is 6.22. The van der Waals surface area contributed by atoms with Gasteiger partial charge in [0.05, 0.1) is 4.88 Å². The number of carbonyl (C=O) groups is 1. The molecule has 1 N–H and O–H groups in total. The zero-order valence-electron chi connectivity index (χ0n) is 10.3. The van der Waals surface area contributed by atoms with Gasteiger partial charge in [-0.25, -0.2) is 0 Å². The molecule has 18 heavy (non-hydrogen) atoms. The number of fused-ring (bicyclic) bond motifs is 1. The van der Waals surface area contributed by atoms with E-state index in [9.17, 15) is 4.79 Å². The molecule has 1 aromatic carbocycles. The van der Waals surface area contributed by atoms with Crippen LogP contribution in [0.15, 0.2) is 29.6 Å². The van der Waals surface area contributed by atoms with Gasteiger partial charge in [-0.3, -0.25) is 4.79 Å². The standard InChI is InChI=1S/C15H15NOS/c1-10-7-9-18-15(10)14(17)12-4-2-6-13-11(12)5-3-8-16-13/h2,4,6-7,9,16H,3,5,8H2,1H3. The topological polar surface area (TPSA) is 29.1 Å². The maximum absolute atomic E-state index is 12.6. The summed E-state index contributed by atoms with van der Waals surface area (Å²) in [5.41, 5.74) is 4.25. The molecule has 1 aromatic heterocycles. The van der Waals surface area contributed by atoms with Gasteiger partial charge in [0.1, 0.15) is 0 Å². The molecule has 0 saturated heterocycles. The fourth-order valence-electron chi connectivity index (χ4n) is 2.45. The van der Waals surface area contributed by atoms with E-state index in [1.165, 1.54) is 16.9 Å². The van der Waals surface area contributed by atoms with Gasteiger partial charge in [-0.05, 0) is 48.4 Å². The highest BCUT2D eigenvalue weighted by atomic mass is 32.1. The summed E-state index contributed by atoms with van der Waals surface area (Å²) >= 11 is 1.53. The maximum Gasteiger partial charge on any atom is 0.203 e. The van der Waals surface area contributed by atoms with Crippen molar-refractivity contribution in [2.45, 2.75) is 19.8 Å². The van der Waals surface area contributed by atoms with Crippen molar-refractivity contribution < 1.29 is 4.79 Å². The van der Waals surface area contributed by atoms with E-state index in [4.69, 9.17) is 0 Å². The molecule has 2 aromatic rings. The van der Waals surface area contributed by atoms with Crippen molar-refractivity contribution in [2.24, 2.45) is 0 Å². The molecule has 0 saturated carbocycles. The largest absolute Gasteiger partial charge is 0.385 e. The molecule has 2 nitrogen and oxygen atoms in total. The Labute approximate surface area is 111 Å². The Balaban J connectivity index is 2.07. The Bertz CT molecular complexity index is 600. The second kappa shape index (κ2) is 4.58. The summed E-state index contributed by atoms with van der Waals surface area (Å²) in [6.07, 6.45) is 2.09. The summed E-state index contributed by atoms with van der Waals surface area (Å²) < 4.78 is 0. The van der Waals surface area contributed by atoms with Crippen LogP contribution in [0.5, 0.6) is 0 Å². The quantitative estimate of drug-likeness (QED) is 0.832. The van der Waals surface area contributed by atoms with Crippen molar-refractivity contribution in [3.05, 3.63) is 51.2 Å². The van der Waals surface area contributed by atoms with Crippen LogP contribution in [-0.4, -0.2) is 12.3 Å². The van der Waals surface area contributed by atoms with Gasteiger partial charge in [0.25, 0.3) is 0 Å². The van der Waals surface area contributed by atoms with Gasteiger partial charge in [-0.15, -0.1) is 11.3 Å². The number of benzene rings is 1. The van der Waals surface area contributed by atoms with Crippen molar-refractivity contribution in [3.63, 3.8) is 0 Å². The summed E-state index contributed by atoms with van der Waals surface area (Å²) in [6, 6.07) is 7.98. The van der Waals surface area contributed by atoms with Crippen molar-refractivity contribution in [2.75, 3.05) is 11.9 Å². The monoisotopic (exact) mass is 257 g/mol. The van der Waals surface area contributed by atoms with E-state index in [2.05, 4.69) is 11.4 Å². The van der Waals surface area contributed by atoms with Crippen molar-refractivity contribution in [3.8, 4) is 0 Å². The molecule has 2 heterocycles. The highest BCUT2D eigenvalue weighted by Gasteiger charge is 2.20. The van der Waals surface area contributed by atoms with Crippen LogP contribution in [0.4, 0.5) is 5.69 Å². The number of nitrogens with one attached hydrogen (secondary N) is 1. The van der Waals surface area contributed by atoms with E-state index in [-0.39, 0.29) is 5.78 Å². The summed E-state index contributed by atoms with van der Waals surface area (Å²) in [6.45, 7) is 3.00.